The Kier molecular flexibility index (Phi) is 12.8. The zero-order chi connectivity index (χ0) is 33.7. The molecule has 0 aromatic rings. The third-order valence-electron chi connectivity index (χ3n) is 7.07. The fourth-order valence-corrected chi connectivity index (χ4v) is 7.57. The molecule has 0 aromatic heterocycles. The van der Waals surface area contributed by atoms with Gasteiger partial charge in [-0.05, 0) is 73.6 Å². The molecule has 3 saturated heterocycles. The van der Waals surface area contributed by atoms with E-state index in [0.717, 1.165) is 0 Å². The van der Waals surface area contributed by atoms with E-state index in [0.29, 0.717) is 25.7 Å². The van der Waals surface area contributed by atoms with Crippen LogP contribution in [-0.2, 0) is 33.8 Å². The Morgan fingerprint density at radius 1 is 0.932 bits per heavy atom. The fourth-order valence-electron chi connectivity index (χ4n) is 5.08. The SMILES string of the molecule is CC(C)(C)N(C(=O)O)C1CCN(S(=O)(=O)Cl)CC1.CC(C)(C)OC(=O)NC1CCN(S(=O)(=O)NC2CCC(=O)NC2=O)CC1. The lowest BCUT2D eigenvalue weighted by Crippen LogP contribution is -2.57. The molecule has 3 aliphatic heterocycles. The predicted octanol–water partition coefficient (Wildman–Crippen LogP) is 1.33. The molecule has 44 heavy (non-hydrogen) atoms. The molecular formula is C25H45ClN6O10S2. The molecule has 3 rings (SSSR count). The largest absolute Gasteiger partial charge is 0.465 e. The first kappa shape index (κ1) is 37.9. The minimum absolute atomic E-state index is 0.0980. The number of carboxylic acid groups (broad SMARTS) is 1. The Balaban J connectivity index is 0.000000329. The molecular weight excluding hydrogens is 644 g/mol. The maximum absolute atomic E-state index is 12.4. The molecule has 0 saturated carbocycles. The van der Waals surface area contributed by atoms with Crippen molar-refractivity contribution in [1.82, 2.24) is 28.9 Å². The number of halogens is 1. The van der Waals surface area contributed by atoms with E-state index >= 15 is 0 Å². The number of carbonyl (C=O) groups excluding carboxylic acids is 3. The van der Waals surface area contributed by atoms with E-state index in [2.05, 4.69) is 15.4 Å². The van der Waals surface area contributed by atoms with Gasteiger partial charge < -0.3 is 20.1 Å². The van der Waals surface area contributed by atoms with Crippen LogP contribution in [0.5, 0.6) is 0 Å². The van der Waals surface area contributed by atoms with Gasteiger partial charge >= 0.3 is 12.2 Å². The van der Waals surface area contributed by atoms with Gasteiger partial charge in [-0.2, -0.15) is 30.2 Å². The van der Waals surface area contributed by atoms with Gasteiger partial charge in [0.15, 0.2) is 0 Å². The van der Waals surface area contributed by atoms with Crippen molar-refractivity contribution in [2.24, 2.45) is 0 Å². The van der Waals surface area contributed by atoms with Crippen LogP contribution in [0.15, 0.2) is 0 Å². The highest BCUT2D eigenvalue weighted by molar-refractivity contribution is 8.11. The standard InChI is InChI=1S/C15H26N4O6S.C10H19ClN2O4S/c1-15(2,3)25-14(22)16-10-6-8-19(9-7-10)26(23,24)18-11-4-5-12(20)17-13(11)21;1-10(2,3)13(9(14)15)8-4-6-12(7-5-8)18(11,16)17/h10-11,18H,4-9H2,1-3H3,(H,16,22)(H,17,20,21);8H,4-7H2,1-3H3,(H,14,15). The highest BCUT2D eigenvalue weighted by Gasteiger charge is 2.37. The van der Waals surface area contributed by atoms with E-state index in [4.69, 9.17) is 15.4 Å². The first-order valence-electron chi connectivity index (χ1n) is 14.3. The number of hydrogen-bond donors (Lipinski definition) is 4. The first-order valence-corrected chi connectivity index (χ1v) is 18.0. The summed E-state index contributed by atoms with van der Waals surface area (Å²) in [4.78, 5) is 47.3. The average molecular weight is 689 g/mol. The molecule has 0 aliphatic carbocycles. The normalized spacial score (nSPS) is 21.9. The van der Waals surface area contributed by atoms with E-state index in [-0.39, 0.29) is 51.1 Å². The van der Waals surface area contributed by atoms with Gasteiger partial charge in [0, 0.05) is 60.9 Å². The average Bonchev–Trinajstić information content (AvgIpc) is 2.84. The third kappa shape index (κ3) is 11.9. The van der Waals surface area contributed by atoms with Crippen molar-refractivity contribution in [3.05, 3.63) is 0 Å². The molecule has 3 heterocycles. The Bertz CT molecular complexity index is 1270. The van der Waals surface area contributed by atoms with E-state index in [9.17, 15) is 41.1 Å². The number of nitrogens with one attached hydrogen (secondary N) is 3. The van der Waals surface area contributed by atoms with E-state index in [1.165, 1.54) is 13.5 Å². The summed E-state index contributed by atoms with van der Waals surface area (Å²) >= 11 is 0. The Morgan fingerprint density at radius 2 is 1.45 bits per heavy atom. The summed E-state index contributed by atoms with van der Waals surface area (Å²) in [6, 6.07) is -1.29. The smallest absolute Gasteiger partial charge is 0.407 e. The molecule has 0 aromatic carbocycles. The zero-order valence-electron chi connectivity index (χ0n) is 26.0. The molecule has 1 unspecified atom stereocenters. The van der Waals surface area contributed by atoms with Gasteiger partial charge in [0.1, 0.15) is 11.6 Å². The van der Waals surface area contributed by atoms with Crippen molar-refractivity contribution in [3.63, 3.8) is 0 Å². The number of alkyl carbamates (subject to hydrolysis) is 1. The van der Waals surface area contributed by atoms with Crippen LogP contribution in [0.4, 0.5) is 9.59 Å². The van der Waals surface area contributed by atoms with Crippen molar-refractivity contribution >= 4 is 54.1 Å². The fraction of sp³-hybridized carbons (Fsp3) is 0.840. The summed E-state index contributed by atoms with van der Waals surface area (Å²) in [5.74, 6) is -1.04. The summed E-state index contributed by atoms with van der Waals surface area (Å²) in [6.07, 6.45) is 0.549. The molecule has 19 heteroatoms. The van der Waals surface area contributed by atoms with Crippen LogP contribution in [0, 0.1) is 0 Å². The van der Waals surface area contributed by atoms with Gasteiger partial charge in [-0.25, -0.2) is 9.59 Å². The third-order valence-corrected chi connectivity index (χ3v) is 10.3. The highest BCUT2D eigenvalue weighted by Crippen LogP contribution is 2.26. The Hall–Kier alpha value is -2.25. The number of hydrogen-bond acceptors (Lipinski definition) is 9. The number of imide groups is 1. The number of amides is 4. The number of rotatable bonds is 6. The summed E-state index contributed by atoms with van der Waals surface area (Å²) < 4.78 is 57.1. The van der Waals surface area contributed by atoms with Crippen LogP contribution in [0.3, 0.4) is 0 Å². The van der Waals surface area contributed by atoms with Crippen LogP contribution in [0.1, 0.15) is 80.1 Å². The lowest BCUT2D eigenvalue weighted by atomic mass is 9.98. The maximum Gasteiger partial charge on any atom is 0.407 e. The number of piperidine rings is 3. The molecule has 4 N–H and O–H groups in total. The minimum Gasteiger partial charge on any atom is -0.465 e. The van der Waals surface area contributed by atoms with Gasteiger partial charge in [-0.15, -0.1) is 0 Å². The van der Waals surface area contributed by atoms with Crippen LogP contribution >= 0.6 is 10.7 Å². The number of nitrogens with zero attached hydrogens (tertiary/aromatic N) is 3. The predicted molar refractivity (Wildman–Crippen MR) is 161 cm³/mol. The topological polar surface area (TPSA) is 212 Å². The second kappa shape index (κ2) is 14.9. The summed E-state index contributed by atoms with van der Waals surface area (Å²) in [6.45, 7) is 11.7. The lowest BCUT2D eigenvalue weighted by Gasteiger charge is -2.42. The van der Waals surface area contributed by atoms with Gasteiger partial charge in [-0.3, -0.25) is 14.9 Å². The van der Waals surface area contributed by atoms with Gasteiger partial charge in [0.25, 0.3) is 19.4 Å². The van der Waals surface area contributed by atoms with E-state index in [1.807, 2.05) is 20.8 Å². The van der Waals surface area contributed by atoms with Crippen molar-refractivity contribution in [3.8, 4) is 0 Å². The second-order valence-corrected chi connectivity index (χ2v) is 17.1. The summed E-state index contributed by atoms with van der Waals surface area (Å²) in [5.41, 5.74) is -1.10. The number of carbonyl (C=O) groups is 4. The van der Waals surface area contributed by atoms with Crippen molar-refractivity contribution in [2.75, 3.05) is 26.2 Å². The quantitative estimate of drug-likeness (QED) is 0.232. The van der Waals surface area contributed by atoms with Gasteiger partial charge in [0.2, 0.25) is 11.8 Å². The van der Waals surface area contributed by atoms with Crippen molar-refractivity contribution < 1.29 is 45.9 Å². The minimum atomic E-state index is -3.85. The van der Waals surface area contributed by atoms with Crippen LogP contribution in [0.2, 0.25) is 0 Å². The monoisotopic (exact) mass is 688 g/mol. The molecule has 4 amide bonds. The van der Waals surface area contributed by atoms with Crippen LogP contribution in [-0.4, -0.2) is 115 Å². The van der Waals surface area contributed by atoms with Crippen LogP contribution in [0.25, 0.3) is 0 Å². The zero-order valence-corrected chi connectivity index (χ0v) is 28.3. The van der Waals surface area contributed by atoms with Crippen molar-refractivity contribution in [2.45, 2.75) is 109 Å². The summed E-state index contributed by atoms with van der Waals surface area (Å²) in [5, 5.41) is 14.1. The molecule has 1 atom stereocenters. The number of ether oxygens (including phenoxy) is 1. The first-order chi connectivity index (χ1) is 20.0. The Morgan fingerprint density at radius 3 is 1.89 bits per heavy atom. The molecule has 254 valence electrons. The molecule has 16 nitrogen and oxygen atoms in total. The van der Waals surface area contributed by atoms with E-state index < -0.39 is 60.6 Å². The highest BCUT2D eigenvalue weighted by atomic mass is 35.7. The molecule has 0 radical (unpaired) electrons. The molecule has 0 bridgehead atoms. The van der Waals surface area contributed by atoms with E-state index in [1.54, 1.807) is 20.8 Å². The Labute approximate surface area is 263 Å². The second-order valence-electron chi connectivity index (χ2n) is 12.8. The molecule has 3 fully saturated rings. The molecule has 0 spiro atoms. The van der Waals surface area contributed by atoms with Crippen molar-refractivity contribution in [1.29, 1.82) is 0 Å². The maximum atomic E-state index is 12.4. The molecule has 3 aliphatic rings. The van der Waals surface area contributed by atoms with Crippen LogP contribution < -0.4 is 15.4 Å². The van der Waals surface area contributed by atoms with Gasteiger partial charge in [-0.1, -0.05) is 0 Å². The summed E-state index contributed by atoms with van der Waals surface area (Å²) in [7, 11) is -2.28. The lowest BCUT2D eigenvalue weighted by molar-refractivity contribution is -0.134. The van der Waals surface area contributed by atoms with Gasteiger partial charge in [0.05, 0.1) is 0 Å².